The molecule has 0 heterocycles. The maximum atomic E-state index is 11.9. The zero-order chi connectivity index (χ0) is 12.8. The summed E-state index contributed by atoms with van der Waals surface area (Å²) in [6.07, 6.45) is 0. The first kappa shape index (κ1) is 13.7. The van der Waals surface area contributed by atoms with Crippen LogP contribution in [-0.4, -0.2) is 33.9 Å². The van der Waals surface area contributed by atoms with Crippen LogP contribution >= 0.6 is 0 Å². The Morgan fingerprint density at radius 2 is 1.76 bits per heavy atom. The lowest BCUT2D eigenvalue weighted by Gasteiger charge is -2.18. The van der Waals surface area contributed by atoms with Crippen LogP contribution in [-0.2, 0) is 15.6 Å². The van der Waals surface area contributed by atoms with Gasteiger partial charge < -0.3 is 10.6 Å². The molecular formula is C12H18N2O2S. The first-order chi connectivity index (χ1) is 8.08. The maximum absolute atomic E-state index is 11.9. The quantitative estimate of drug-likeness (QED) is 0.804. The van der Waals surface area contributed by atoms with Gasteiger partial charge in [0.05, 0.1) is 10.8 Å². The van der Waals surface area contributed by atoms with Gasteiger partial charge in [0.15, 0.2) is 0 Å². The molecule has 0 aliphatic carbocycles. The van der Waals surface area contributed by atoms with Gasteiger partial charge >= 0.3 is 0 Å². The van der Waals surface area contributed by atoms with Crippen molar-refractivity contribution in [2.75, 3.05) is 24.6 Å². The molecule has 0 saturated carbocycles. The number of anilines is 1. The fourth-order valence-corrected chi connectivity index (χ4v) is 2.50. The van der Waals surface area contributed by atoms with Crippen molar-refractivity contribution in [2.45, 2.75) is 18.7 Å². The van der Waals surface area contributed by atoms with E-state index >= 15 is 0 Å². The van der Waals surface area contributed by atoms with E-state index in [1.165, 1.54) is 0 Å². The molecule has 0 spiro atoms. The number of amides is 1. The van der Waals surface area contributed by atoms with Gasteiger partial charge in [0.2, 0.25) is 5.91 Å². The summed E-state index contributed by atoms with van der Waals surface area (Å²) in [5.74, 6) is -0.0452. The highest BCUT2D eigenvalue weighted by Crippen LogP contribution is 2.10. The van der Waals surface area contributed by atoms with Crippen molar-refractivity contribution in [3.8, 4) is 0 Å². The number of nitrogen functional groups attached to an aromatic ring is 1. The average molecular weight is 254 g/mol. The van der Waals surface area contributed by atoms with Gasteiger partial charge in [-0.05, 0) is 38.1 Å². The SMILES string of the molecule is CCN(CC)C(=O)CS(=O)c1ccc(N)cc1. The molecule has 1 unspecified atom stereocenters. The summed E-state index contributed by atoms with van der Waals surface area (Å²) < 4.78 is 11.9. The van der Waals surface area contributed by atoms with Crippen molar-refractivity contribution in [1.29, 1.82) is 0 Å². The van der Waals surface area contributed by atoms with Crippen molar-refractivity contribution in [3.63, 3.8) is 0 Å². The standard InChI is InChI=1S/C12H18N2O2S/c1-3-14(4-2)12(15)9-17(16)11-7-5-10(13)6-8-11/h5-8H,3-4,9,13H2,1-2H3. The molecule has 0 aliphatic heterocycles. The van der Waals surface area contributed by atoms with Crippen molar-refractivity contribution < 1.29 is 9.00 Å². The number of benzene rings is 1. The van der Waals surface area contributed by atoms with Crippen LogP contribution in [0.1, 0.15) is 13.8 Å². The molecule has 0 bridgehead atoms. The molecule has 1 amide bonds. The normalized spacial score (nSPS) is 12.1. The van der Waals surface area contributed by atoms with Crippen LogP contribution in [0.2, 0.25) is 0 Å². The molecule has 1 aromatic carbocycles. The van der Waals surface area contributed by atoms with Crippen LogP contribution in [0.4, 0.5) is 5.69 Å². The molecule has 1 aromatic rings. The molecule has 0 saturated heterocycles. The van der Waals surface area contributed by atoms with Crippen molar-refractivity contribution in [2.24, 2.45) is 0 Å². The second-order valence-electron chi connectivity index (χ2n) is 3.62. The molecule has 1 atom stereocenters. The van der Waals surface area contributed by atoms with E-state index in [9.17, 15) is 9.00 Å². The van der Waals surface area contributed by atoms with Crippen molar-refractivity contribution >= 4 is 22.4 Å². The third-order valence-corrected chi connectivity index (χ3v) is 3.82. The van der Waals surface area contributed by atoms with E-state index in [1.54, 1.807) is 29.2 Å². The van der Waals surface area contributed by atoms with E-state index < -0.39 is 10.8 Å². The van der Waals surface area contributed by atoms with Gasteiger partial charge in [0, 0.05) is 23.7 Å². The highest BCUT2D eigenvalue weighted by atomic mass is 32.2. The highest BCUT2D eigenvalue weighted by molar-refractivity contribution is 7.85. The fourth-order valence-electron chi connectivity index (χ4n) is 1.48. The third-order valence-electron chi connectivity index (χ3n) is 2.51. The molecule has 1 rings (SSSR count). The van der Waals surface area contributed by atoms with Gasteiger partial charge in [-0.1, -0.05) is 0 Å². The number of hydrogen-bond acceptors (Lipinski definition) is 3. The Morgan fingerprint density at radius 3 is 2.24 bits per heavy atom. The number of nitrogens with two attached hydrogens (primary N) is 1. The molecule has 94 valence electrons. The van der Waals surface area contributed by atoms with Crippen LogP contribution in [0.15, 0.2) is 29.2 Å². The van der Waals surface area contributed by atoms with Gasteiger partial charge in [0.25, 0.3) is 0 Å². The third kappa shape index (κ3) is 3.85. The summed E-state index contributed by atoms with van der Waals surface area (Å²) in [4.78, 5) is 14.1. The summed E-state index contributed by atoms with van der Waals surface area (Å²) in [5, 5.41) is 0. The lowest BCUT2D eigenvalue weighted by atomic mass is 10.3. The fraction of sp³-hybridized carbons (Fsp3) is 0.417. The minimum atomic E-state index is -1.29. The number of nitrogens with zero attached hydrogens (tertiary/aromatic N) is 1. The van der Waals surface area contributed by atoms with E-state index in [4.69, 9.17) is 5.73 Å². The first-order valence-corrected chi connectivity index (χ1v) is 6.92. The van der Waals surface area contributed by atoms with Gasteiger partial charge in [0.1, 0.15) is 5.75 Å². The molecule has 0 aliphatic rings. The largest absolute Gasteiger partial charge is 0.399 e. The summed E-state index contributed by atoms with van der Waals surface area (Å²) in [7, 11) is -1.29. The van der Waals surface area contributed by atoms with Crippen LogP contribution in [0.5, 0.6) is 0 Å². The Balaban J connectivity index is 2.66. The molecule has 4 nitrogen and oxygen atoms in total. The predicted molar refractivity (Wildman–Crippen MR) is 70.1 cm³/mol. The zero-order valence-corrected chi connectivity index (χ0v) is 11.0. The minimum Gasteiger partial charge on any atom is -0.399 e. The Hall–Kier alpha value is -1.36. The van der Waals surface area contributed by atoms with Crippen LogP contribution in [0.25, 0.3) is 0 Å². The molecular weight excluding hydrogens is 236 g/mol. The molecule has 5 heteroatoms. The second-order valence-corrected chi connectivity index (χ2v) is 5.08. The monoisotopic (exact) mass is 254 g/mol. The summed E-state index contributed by atoms with van der Waals surface area (Å²) >= 11 is 0. The Labute approximate surface area is 104 Å². The molecule has 17 heavy (non-hydrogen) atoms. The van der Waals surface area contributed by atoms with Crippen LogP contribution in [0, 0.1) is 0 Å². The van der Waals surface area contributed by atoms with E-state index in [2.05, 4.69) is 0 Å². The van der Waals surface area contributed by atoms with Gasteiger partial charge in [-0.25, -0.2) is 0 Å². The Bertz CT molecular complexity index is 399. The number of carbonyl (C=O) groups excluding carboxylic acids is 1. The summed E-state index contributed by atoms with van der Waals surface area (Å²) in [6.45, 7) is 5.11. The van der Waals surface area contributed by atoms with E-state index in [0.717, 1.165) is 0 Å². The van der Waals surface area contributed by atoms with Crippen molar-refractivity contribution in [3.05, 3.63) is 24.3 Å². The van der Waals surface area contributed by atoms with E-state index in [0.29, 0.717) is 23.7 Å². The van der Waals surface area contributed by atoms with Gasteiger partial charge in [-0.2, -0.15) is 0 Å². The number of rotatable bonds is 5. The Kier molecular flexibility index (Phi) is 5.15. The van der Waals surface area contributed by atoms with Crippen LogP contribution in [0.3, 0.4) is 0 Å². The number of hydrogen-bond donors (Lipinski definition) is 1. The Morgan fingerprint density at radius 1 is 1.24 bits per heavy atom. The number of carbonyl (C=O) groups is 1. The summed E-state index contributed by atoms with van der Waals surface area (Å²) in [5.41, 5.74) is 6.17. The topological polar surface area (TPSA) is 63.4 Å². The molecule has 0 aromatic heterocycles. The average Bonchev–Trinajstić information content (AvgIpc) is 2.31. The zero-order valence-electron chi connectivity index (χ0n) is 10.2. The first-order valence-electron chi connectivity index (χ1n) is 5.60. The maximum Gasteiger partial charge on any atom is 0.235 e. The minimum absolute atomic E-state index is 0.0333. The van der Waals surface area contributed by atoms with E-state index in [1.807, 2.05) is 13.8 Å². The van der Waals surface area contributed by atoms with Gasteiger partial charge in [-0.3, -0.25) is 9.00 Å². The van der Waals surface area contributed by atoms with E-state index in [-0.39, 0.29) is 11.7 Å². The lowest BCUT2D eigenvalue weighted by molar-refractivity contribution is -0.128. The smallest absolute Gasteiger partial charge is 0.235 e. The van der Waals surface area contributed by atoms with Crippen LogP contribution < -0.4 is 5.73 Å². The predicted octanol–water partition coefficient (Wildman–Crippen LogP) is 1.24. The summed E-state index contributed by atoms with van der Waals surface area (Å²) in [6, 6.07) is 6.77. The molecule has 0 fully saturated rings. The van der Waals surface area contributed by atoms with Gasteiger partial charge in [-0.15, -0.1) is 0 Å². The van der Waals surface area contributed by atoms with Crippen molar-refractivity contribution in [1.82, 2.24) is 4.90 Å². The molecule has 2 N–H and O–H groups in total. The molecule has 0 radical (unpaired) electrons. The second kappa shape index (κ2) is 6.39. The lowest BCUT2D eigenvalue weighted by Crippen LogP contribution is -2.34. The highest BCUT2D eigenvalue weighted by Gasteiger charge is 2.14.